The van der Waals surface area contributed by atoms with Gasteiger partial charge in [-0.1, -0.05) is 6.08 Å². The summed E-state index contributed by atoms with van der Waals surface area (Å²) in [5, 5.41) is 0. The van der Waals surface area contributed by atoms with Gasteiger partial charge in [-0.15, -0.1) is 18.2 Å². The van der Waals surface area contributed by atoms with Gasteiger partial charge in [0.1, 0.15) is 0 Å². The second-order valence-electron chi connectivity index (χ2n) is 2.92. The normalized spacial score (nSPS) is 11.6. The molecule has 0 rings (SSSR count). The van der Waals surface area contributed by atoms with Gasteiger partial charge < -0.3 is 9.47 Å². The molecule has 0 amide bonds. The minimum Gasteiger partial charge on any atom is -0.380 e. The molecule has 0 fully saturated rings. The topological polar surface area (TPSA) is 18.5 Å². The van der Waals surface area contributed by atoms with Crippen molar-refractivity contribution in [3.63, 3.8) is 0 Å². The monoisotopic (exact) mass is 206 g/mol. The van der Waals surface area contributed by atoms with Crippen molar-refractivity contribution in [2.45, 2.75) is 25.1 Å². The molecule has 0 unspecified atom stereocenters. The highest BCUT2D eigenvalue weighted by molar-refractivity contribution is 6.24. The molecule has 78 valence electrons. The summed E-state index contributed by atoms with van der Waals surface area (Å²) in [6, 6.07) is 0. The Morgan fingerprint density at radius 1 is 1.23 bits per heavy atom. The molecule has 0 N–H and O–H groups in total. The van der Waals surface area contributed by atoms with Crippen LogP contribution in [0.1, 0.15) is 20.3 Å². The predicted octanol–water partition coefficient (Wildman–Crippen LogP) is 2.61. The predicted molar refractivity (Wildman–Crippen MR) is 56.4 cm³/mol. The van der Waals surface area contributed by atoms with Gasteiger partial charge in [-0.05, 0) is 20.3 Å². The van der Waals surface area contributed by atoms with E-state index >= 15 is 0 Å². The Morgan fingerprint density at radius 2 is 1.69 bits per heavy atom. The Balaban J connectivity index is 3.90. The van der Waals surface area contributed by atoms with Crippen LogP contribution in [0.5, 0.6) is 0 Å². The highest BCUT2D eigenvalue weighted by Gasteiger charge is 2.26. The lowest BCUT2D eigenvalue weighted by molar-refractivity contribution is 0.0618. The molecule has 0 aromatic carbocycles. The van der Waals surface area contributed by atoms with Crippen molar-refractivity contribution in [2.75, 3.05) is 26.4 Å². The number of ether oxygens (including phenoxy) is 2. The maximum atomic E-state index is 6.28. The molecular weight excluding hydrogens is 188 g/mol. The molecule has 0 saturated carbocycles. The SMILES string of the molecule is C=CCC(Cl)(COCC)COCC. The molecule has 0 aliphatic carbocycles. The summed E-state index contributed by atoms with van der Waals surface area (Å²) in [6.07, 6.45) is 2.50. The van der Waals surface area contributed by atoms with Gasteiger partial charge in [0.25, 0.3) is 0 Å². The van der Waals surface area contributed by atoms with Crippen LogP contribution < -0.4 is 0 Å². The molecule has 0 aromatic rings. The molecule has 0 radical (unpaired) electrons. The van der Waals surface area contributed by atoms with Crippen LogP contribution in [-0.2, 0) is 9.47 Å². The van der Waals surface area contributed by atoms with Crippen molar-refractivity contribution in [3.8, 4) is 0 Å². The molecule has 0 bridgehead atoms. The van der Waals surface area contributed by atoms with E-state index in [1.165, 1.54) is 0 Å². The van der Waals surface area contributed by atoms with Crippen molar-refractivity contribution in [2.24, 2.45) is 0 Å². The molecule has 0 aliphatic heterocycles. The van der Waals surface area contributed by atoms with Gasteiger partial charge >= 0.3 is 0 Å². The summed E-state index contributed by atoms with van der Waals surface area (Å²) >= 11 is 6.28. The first-order valence-electron chi connectivity index (χ1n) is 4.64. The molecule has 0 atom stereocenters. The maximum Gasteiger partial charge on any atom is 0.0945 e. The molecular formula is C10H19ClO2. The molecule has 0 aromatic heterocycles. The van der Waals surface area contributed by atoms with E-state index in [1.807, 2.05) is 13.8 Å². The van der Waals surface area contributed by atoms with Crippen molar-refractivity contribution < 1.29 is 9.47 Å². The Morgan fingerprint density at radius 3 is 2.00 bits per heavy atom. The Bertz CT molecular complexity index is 129. The Hall–Kier alpha value is -0.0500. The van der Waals surface area contributed by atoms with Crippen LogP contribution >= 0.6 is 11.6 Å². The van der Waals surface area contributed by atoms with Crippen molar-refractivity contribution in [3.05, 3.63) is 12.7 Å². The van der Waals surface area contributed by atoms with Crippen LogP contribution in [0, 0.1) is 0 Å². The summed E-state index contributed by atoms with van der Waals surface area (Å²) in [6.45, 7) is 9.95. The highest BCUT2D eigenvalue weighted by atomic mass is 35.5. The Kier molecular flexibility index (Phi) is 7.33. The third-order valence-electron chi connectivity index (χ3n) is 1.64. The molecule has 0 heterocycles. The van der Waals surface area contributed by atoms with Gasteiger partial charge in [-0.3, -0.25) is 0 Å². The van der Waals surface area contributed by atoms with Crippen LogP contribution in [0.3, 0.4) is 0 Å². The summed E-state index contributed by atoms with van der Waals surface area (Å²) in [5.41, 5.74) is 0. The lowest BCUT2D eigenvalue weighted by atomic mass is 10.1. The zero-order valence-corrected chi connectivity index (χ0v) is 9.27. The second kappa shape index (κ2) is 7.36. The molecule has 0 aliphatic rings. The zero-order chi connectivity index (χ0) is 10.2. The largest absolute Gasteiger partial charge is 0.380 e. The third-order valence-corrected chi connectivity index (χ3v) is 2.01. The summed E-state index contributed by atoms with van der Waals surface area (Å²) in [7, 11) is 0. The number of rotatable bonds is 8. The first-order valence-corrected chi connectivity index (χ1v) is 5.01. The summed E-state index contributed by atoms with van der Waals surface area (Å²) < 4.78 is 10.6. The van der Waals surface area contributed by atoms with E-state index in [4.69, 9.17) is 21.1 Å². The minimum atomic E-state index is -0.437. The Labute approximate surface area is 85.9 Å². The number of hydrogen-bond acceptors (Lipinski definition) is 2. The molecule has 2 nitrogen and oxygen atoms in total. The van der Waals surface area contributed by atoms with E-state index in [1.54, 1.807) is 6.08 Å². The summed E-state index contributed by atoms with van der Waals surface area (Å²) in [5.74, 6) is 0. The molecule has 0 spiro atoms. The van der Waals surface area contributed by atoms with E-state index < -0.39 is 4.87 Å². The molecule has 0 saturated heterocycles. The average molecular weight is 207 g/mol. The van der Waals surface area contributed by atoms with Crippen molar-refractivity contribution >= 4 is 11.6 Å². The van der Waals surface area contributed by atoms with E-state index in [0.29, 0.717) is 32.8 Å². The zero-order valence-electron chi connectivity index (χ0n) is 8.51. The quantitative estimate of drug-likeness (QED) is 0.449. The fourth-order valence-corrected chi connectivity index (χ4v) is 1.25. The molecule has 3 heteroatoms. The lowest BCUT2D eigenvalue weighted by Gasteiger charge is -2.24. The highest BCUT2D eigenvalue weighted by Crippen LogP contribution is 2.21. The standard InChI is InChI=1S/C10H19ClO2/c1-4-7-10(11,8-12-5-2)9-13-6-3/h4H,1,5-9H2,2-3H3. The first-order chi connectivity index (χ1) is 6.18. The van der Waals surface area contributed by atoms with E-state index in [-0.39, 0.29) is 0 Å². The van der Waals surface area contributed by atoms with Crippen LogP contribution in [0.25, 0.3) is 0 Å². The number of alkyl halides is 1. The van der Waals surface area contributed by atoms with Crippen molar-refractivity contribution in [1.29, 1.82) is 0 Å². The van der Waals surface area contributed by atoms with Crippen LogP contribution in [0.15, 0.2) is 12.7 Å². The van der Waals surface area contributed by atoms with E-state index in [9.17, 15) is 0 Å². The van der Waals surface area contributed by atoms with E-state index in [2.05, 4.69) is 6.58 Å². The number of halogens is 1. The van der Waals surface area contributed by atoms with Crippen LogP contribution in [0.4, 0.5) is 0 Å². The molecule has 13 heavy (non-hydrogen) atoms. The van der Waals surface area contributed by atoms with Gasteiger partial charge in [0.15, 0.2) is 0 Å². The smallest absolute Gasteiger partial charge is 0.0945 e. The van der Waals surface area contributed by atoms with Gasteiger partial charge in [0, 0.05) is 13.2 Å². The van der Waals surface area contributed by atoms with Crippen molar-refractivity contribution in [1.82, 2.24) is 0 Å². The van der Waals surface area contributed by atoms with Gasteiger partial charge in [0.2, 0.25) is 0 Å². The lowest BCUT2D eigenvalue weighted by Crippen LogP contribution is -2.33. The van der Waals surface area contributed by atoms with Crippen LogP contribution in [-0.4, -0.2) is 31.3 Å². The fourth-order valence-electron chi connectivity index (χ4n) is 0.988. The van der Waals surface area contributed by atoms with Gasteiger partial charge in [-0.2, -0.15) is 0 Å². The minimum absolute atomic E-state index is 0.437. The van der Waals surface area contributed by atoms with E-state index in [0.717, 1.165) is 0 Å². The number of allylic oxidation sites excluding steroid dienone is 1. The third kappa shape index (κ3) is 6.08. The summed E-state index contributed by atoms with van der Waals surface area (Å²) in [4.78, 5) is -0.437. The average Bonchev–Trinajstić information content (AvgIpc) is 2.12. The van der Waals surface area contributed by atoms with Gasteiger partial charge in [0.05, 0.1) is 18.1 Å². The first kappa shape index (κ1) is 12.9. The van der Waals surface area contributed by atoms with Crippen LogP contribution in [0.2, 0.25) is 0 Å². The maximum absolute atomic E-state index is 6.28. The fraction of sp³-hybridized carbons (Fsp3) is 0.800. The van der Waals surface area contributed by atoms with Gasteiger partial charge in [-0.25, -0.2) is 0 Å². The number of hydrogen-bond donors (Lipinski definition) is 0. The second-order valence-corrected chi connectivity index (χ2v) is 3.72.